The zero-order valence-corrected chi connectivity index (χ0v) is 7.58. The van der Waals surface area contributed by atoms with Crippen molar-refractivity contribution in [3.05, 3.63) is 29.5 Å². The molecule has 2 N–H and O–H groups in total. The maximum Gasteiger partial charge on any atom is 0.167 e. The first-order chi connectivity index (χ1) is 6.31. The summed E-state index contributed by atoms with van der Waals surface area (Å²) in [6, 6.07) is 6.04. The number of aromatic nitrogens is 1. The Bertz CT molecular complexity index is 420. The molecular weight excluding hydrogens is 164 g/mol. The average Bonchev–Trinajstić information content (AvgIpc) is 2.49. The van der Waals surface area contributed by atoms with E-state index in [1.165, 1.54) is 5.56 Å². The molecule has 1 aromatic carbocycles. The van der Waals surface area contributed by atoms with Crippen molar-refractivity contribution < 1.29 is 4.52 Å². The molecule has 3 heteroatoms. The van der Waals surface area contributed by atoms with Gasteiger partial charge >= 0.3 is 0 Å². The predicted molar refractivity (Wildman–Crippen MR) is 51.5 cm³/mol. The van der Waals surface area contributed by atoms with Gasteiger partial charge in [-0.1, -0.05) is 16.8 Å². The van der Waals surface area contributed by atoms with Gasteiger partial charge in [0.1, 0.15) is 0 Å². The standard InChI is InChI=1S/C10H12N2O/c1-7-2-3-10-8(6-7)9(4-5-11)12-13-10/h2-3,6H,4-5,11H2,1H3. The molecule has 0 bridgehead atoms. The van der Waals surface area contributed by atoms with Gasteiger partial charge < -0.3 is 10.3 Å². The molecule has 1 heterocycles. The van der Waals surface area contributed by atoms with Crippen molar-refractivity contribution in [1.82, 2.24) is 5.16 Å². The van der Waals surface area contributed by atoms with Crippen LogP contribution in [0.3, 0.4) is 0 Å². The van der Waals surface area contributed by atoms with E-state index in [4.69, 9.17) is 10.3 Å². The maximum atomic E-state index is 5.47. The number of aryl methyl sites for hydroxylation is 1. The van der Waals surface area contributed by atoms with E-state index in [1.807, 2.05) is 12.1 Å². The Morgan fingerprint density at radius 2 is 2.31 bits per heavy atom. The van der Waals surface area contributed by atoms with Crippen molar-refractivity contribution in [2.24, 2.45) is 5.73 Å². The Labute approximate surface area is 76.5 Å². The summed E-state index contributed by atoms with van der Waals surface area (Å²) in [5.74, 6) is 0. The number of rotatable bonds is 2. The number of nitrogens with two attached hydrogens (primary N) is 1. The largest absolute Gasteiger partial charge is 0.356 e. The van der Waals surface area contributed by atoms with E-state index in [9.17, 15) is 0 Å². The van der Waals surface area contributed by atoms with E-state index >= 15 is 0 Å². The van der Waals surface area contributed by atoms with Crippen molar-refractivity contribution in [2.75, 3.05) is 6.54 Å². The molecule has 0 unspecified atom stereocenters. The molecule has 2 aromatic rings. The van der Waals surface area contributed by atoms with Crippen molar-refractivity contribution >= 4 is 11.0 Å². The summed E-state index contributed by atoms with van der Waals surface area (Å²) in [6.45, 7) is 2.66. The fourth-order valence-corrected chi connectivity index (χ4v) is 1.42. The van der Waals surface area contributed by atoms with Gasteiger partial charge in [0.2, 0.25) is 0 Å². The molecular formula is C10H12N2O. The lowest BCUT2D eigenvalue weighted by Crippen LogP contribution is -2.02. The molecule has 0 aliphatic rings. The topological polar surface area (TPSA) is 52.0 Å². The molecule has 3 nitrogen and oxygen atoms in total. The summed E-state index contributed by atoms with van der Waals surface area (Å²) >= 11 is 0. The van der Waals surface area contributed by atoms with Crippen LogP contribution in [0, 0.1) is 6.92 Å². The zero-order chi connectivity index (χ0) is 9.26. The minimum absolute atomic E-state index is 0.607. The van der Waals surface area contributed by atoms with E-state index in [1.54, 1.807) is 0 Å². The average molecular weight is 176 g/mol. The first-order valence-corrected chi connectivity index (χ1v) is 4.36. The molecule has 0 atom stereocenters. The fourth-order valence-electron chi connectivity index (χ4n) is 1.42. The van der Waals surface area contributed by atoms with Crippen LogP contribution in [0.25, 0.3) is 11.0 Å². The Hall–Kier alpha value is -1.35. The summed E-state index contributed by atoms with van der Waals surface area (Å²) in [4.78, 5) is 0. The molecule has 0 radical (unpaired) electrons. The SMILES string of the molecule is Cc1ccc2onc(CCN)c2c1. The highest BCUT2D eigenvalue weighted by molar-refractivity contribution is 5.80. The first-order valence-electron chi connectivity index (χ1n) is 4.36. The number of hydrogen-bond acceptors (Lipinski definition) is 3. The van der Waals surface area contributed by atoms with Gasteiger partial charge in [-0.25, -0.2) is 0 Å². The number of fused-ring (bicyclic) bond motifs is 1. The molecule has 0 spiro atoms. The quantitative estimate of drug-likeness (QED) is 0.756. The molecule has 1 aromatic heterocycles. The molecule has 0 saturated heterocycles. The lowest BCUT2D eigenvalue weighted by atomic mass is 10.1. The highest BCUT2D eigenvalue weighted by Gasteiger charge is 2.06. The summed E-state index contributed by atoms with van der Waals surface area (Å²) in [7, 11) is 0. The molecule has 0 aliphatic heterocycles. The van der Waals surface area contributed by atoms with Gasteiger partial charge in [0.25, 0.3) is 0 Å². The van der Waals surface area contributed by atoms with E-state index in [0.29, 0.717) is 6.54 Å². The smallest absolute Gasteiger partial charge is 0.167 e. The predicted octanol–water partition coefficient (Wildman–Crippen LogP) is 1.64. The van der Waals surface area contributed by atoms with E-state index < -0.39 is 0 Å². The Morgan fingerprint density at radius 3 is 3.08 bits per heavy atom. The van der Waals surface area contributed by atoms with E-state index in [-0.39, 0.29) is 0 Å². The summed E-state index contributed by atoms with van der Waals surface area (Å²) < 4.78 is 5.15. The molecule has 0 aliphatic carbocycles. The summed E-state index contributed by atoms with van der Waals surface area (Å²) in [5.41, 5.74) is 8.48. The molecule has 13 heavy (non-hydrogen) atoms. The monoisotopic (exact) mass is 176 g/mol. The zero-order valence-electron chi connectivity index (χ0n) is 7.58. The second-order valence-electron chi connectivity index (χ2n) is 3.17. The molecule has 2 rings (SSSR count). The number of benzene rings is 1. The molecule has 68 valence electrons. The van der Waals surface area contributed by atoms with Crippen LogP contribution in [0.2, 0.25) is 0 Å². The minimum atomic E-state index is 0.607. The van der Waals surface area contributed by atoms with E-state index in [0.717, 1.165) is 23.1 Å². The van der Waals surface area contributed by atoms with Crippen LogP contribution in [0.15, 0.2) is 22.7 Å². The van der Waals surface area contributed by atoms with Crippen molar-refractivity contribution in [2.45, 2.75) is 13.3 Å². The number of nitrogens with zero attached hydrogens (tertiary/aromatic N) is 1. The van der Waals surface area contributed by atoms with Crippen LogP contribution in [-0.4, -0.2) is 11.7 Å². The van der Waals surface area contributed by atoms with Gasteiger partial charge in [0.05, 0.1) is 5.69 Å². The second-order valence-corrected chi connectivity index (χ2v) is 3.17. The molecule has 0 saturated carbocycles. The second kappa shape index (κ2) is 3.18. The summed E-state index contributed by atoms with van der Waals surface area (Å²) in [6.07, 6.45) is 0.774. The van der Waals surface area contributed by atoms with Crippen molar-refractivity contribution in [3.63, 3.8) is 0 Å². The van der Waals surface area contributed by atoms with E-state index in [2.05, 4.69) is 18.1 Å². The van der Waals surface area contributed by atoms with Crippen LogP contribution in [0.4, 0.5) is 0 Å². The number of hydrogen-bond donors (Lipinski definition) is 1. The fraction of sp³-hybridized carbons (Fsp3) is 0.300. The van der Waals surface area contributed by atoms with Crippen LogP contribution < -0.4 is 5.73 Å². The van der Waals surface area contributed by atoms with Crippen LogP contribution in [0.5, 0.6) is 0 Å². The van der Waals surface area contributed by atoms with Crippen molar-refractivity contribution in [3.8, 4) is 0 Å². The minimum Gasteiger partial charge on any atom is -0.356 e. The third-order valence-corrected chi connectivity index (χ3v) is 2.08. The first kappa shape index (κ1) is 8.26. The van der Waals surface area contributed by atoms with Gasteiger partial charge in [0, 0.05) is 11.8 Å². The van der Waals surface area contributed by atoms with Gasteiger partial charge in [-0.2, -0.15) is 0 Å². The van der Waals surface area contributed by atoms with Gasteiger partial charge in [-0.05, 0) is 25.6 Å². The maximum absolute atomic E-state index is 5.47. The third-order valence-electron chi connectivity index (χ3n) is 2.08. The van der Waals surface area contributed by atoms with Gasteiger partial charge in [-0.15, -0.1) is 0 Å². The van der Waals surface area contributed by atoms with Gasteiger partial charge in [-0.3, -0.25) is 0 Å². The van der Waals surface area contributed by atoms with Crippen molar-refractivity contribution in [1.29, 1.82) is 0 Å². The summed E-state index contributed by atoms with van der Waals surface area (Å²) in [5, 5.41) is 5.06. The molecule has 0 fully saturated rings. The Kier molecular flexibility index (Phi) is 2.02. The van der Waals surface area contributed by atoms with Crippen LogP contribution >= 0.6 is 0 Å². The molecule has 0 amide bonds. The Morgan fingerprint density at radius 1 is 1.46 bits per heavy atom. The Balaban J connectivity index is 2.58. The van der Waals surface area contributed by atoms with Gasteiger partial charge in [0.15, 0.2) is 5.58 Å². The normalized spacial score (nSPS) is 10.9. The third kappa shape index (κ3) is 1.42. The van der Waals surface area contributed by atoms with Crippen LogP contribution in [0.1, 0.15) is 11.3 Å². The highest BCUT2D eigenvalue weighted by Crippen LogP contribution is 2.19. The lowest BCUT2D eigenvalue weighted by molar-refractivity contribution is 0.446. The highest BCUT2D eigenvalue weighted by atomic mass is 16.5. The lowest BCUT2D eigenvalue weighted by Gasteiger charge is -1.93. The van der Waals surface area contributed by atoms with Crippen LogP contribution in [-0.2, 0) is 6.42 Å².